The van der Waals surface area contributed by atoms with Crippen molar-refractivity contribution in [2.45, 2.75) is 52.1 Å². The highest BCUT2D eigenvalue weighted by atomic mass is 15.3. The van der Waals surface area contributed by atoms with Crippen LogP contribution < -0.4 is 5.32 Å². The summed E-state index contributed by atoms with van der Waals surface area (Å²) in [6.07, 6.45) is 4.62. The van der Waals surface area contributed by atoms with Crippen molar-refractivity contribution in [3.8, 4) is 0 Å². The van der Waals surface area contributed by atoms with Crippen molar-refractivity contribution in [1.29, 1.82) is 0 Å². The smallest absolute Gasteiger partial charge is 0.0596 e. The lowest BCUT2D eigenvalue weighted by molar-refractivity contribution is 0.480. The monoisotopic (exact) mass is 285 g/mol. The third-order valence-electron chi connectivity index (χ3n) is 4.01. The first kappa shape index (κ1) is 15.8. The Morgan fingerprint density at radius 2 is 2.00 bits per heavy atom. The van der Waals surface area contributed by atoms with Crippen LogP contribution in [0.4, 0.5) is 0 Å². The molecule has 1 heterocycles. The van der Waals surface area contributed by atoms with E-state index in [1.807, 2.05) is 0 Å². The van der Waals surface area contributed by atoms with Crippen LogP contribution in [-0.4, -0.2) is 22.9 Å². The van der Waals surface area contributed by atoms with E-state index >= 15 is 0 Å². The molecule has 2 rings (SSSR count). The minimum Gasteiger partial charge on any atom is -0.317 e. The van der Waals surface area contributed by atoms with Gasteiger partial charge in [0.2, 0.25) is 0 Å². The van der Waals surface area contributed by atoms with Crippen LogP contribution in [0.15, 0.2) is 36.4 Å². The van der Waals surface area contributed by atoms with E-state index in [9.17, 15) is 0 Å². The molecule has 0 aliphatic heterocycles. The number of rotatable bonds is 8. The molecule has 21 heavy (non-hydrogen) atoms. The van der Waals surface area contributed by atoms with Gasteiger partial charge in [-0.3, -0.25) is 4.68 Å². The molecule has 1 N–H and O–H groups in total. The summed E-state index contributed by atoms with van der Waals surface area (Å²) >= 11 is 0. The summed E-state index contributed by atoms with van der Waals surface area (Å²) in [6.45, 7) is 5.17. The largest absolute Gasteiger partial charge is 0.317 e. The number of likely N-dealkylation sites (N-methyl/N-ethyl adjacent to an activating group) is 1. The number of nitrogens with zero attached hydrogens (tertiary/aromatic N) is 2. The van der Waals surface area contributed by atoms with Gasteiger partial charge in [0.15, 0.2) is 0 Å². The quantitative estimate of drug-likeness (QED) is 0.806. The Kier molecular flexibility index (Phi) is 6.00. The second-order valence-corrected chi connectivity index (χ2v) is 5.66. The van der Waals surface area contributed by atoms with Gasteiger partial charge in [-0.25, -0.2) is 0 Å². The molecular weight excluding hydrogens is 258 g/mol. The number of benzene rings is 1. The molecule has 114 valence electrons. The Balaban J connectivity index is 1.85. The van der Waals surface area contributed by atoms with Crippen molar-refractivity contribution in [2.24, 2.45) is 0 Å². The highest BCUT2D eigenvalue weighted by molar-refractivity contribution is 5.14. The molecule has 0 aliphatic carbocycles. The van der Waals surface area contributed by atoms with Gasteiger partial charge in [-0.15, -0.1) is 0 Å². The van der Waals surface area contributed by atoms with Crippen LogP contribution in [0, 0.1) is 6.92 Å². The Bertz CT molecular complexity index is 531. The second kappa shape index (κ2) is 7.99. The Hall–Kier alpha value is -1.61. The maximum Gasteiger partial charge on any atom is 0.0596 e. The molecule has 0 aliphatic rings. The third-order valence-corrected chi connectivity index (χ3v) is 4.01. The SMILES string of the molecule is CCn1nc(C)cc1CC(CCCc1ccccc1)NC. The first-order valence-corrected chi connectivity index (χ1v) is 7.97. The predicted molar refractivity (Wildman–Crippen MR) is 88.6 cm³/mol. The molecule has 0 spiro atoms. The van der Waals surface area contributed by atoms with Crippen LogP contribution in [0.1, 0.15) is 36.7 Å². The van der Waals surface area contributed by atoms with E-state index in [1.165, 1.54) is 24.1 Å². The molecule has 0 amide bonds. The zero-order valence-corrected chi connectivity index (χ0v) is 13.5. The van der Waals surface area contributed by atoms with Crippen molar-refractivity contribution in [1.82, 2.24) is 15.1 Å². The van der Waals surface area contributed by atoms with Crippen molar-refractivity contribution in [3.05, 3.63) is 53.3 Å². The fourth-order valence-corrected chi connectivity index (χ4v) is 2.84. The van der Waals surface area contributed by atoms with Crippen LogP contribution in [0.3, 0.4) is 0 Å². The summed E-state index contributed by atoms with van der Waals surface area (Å²) in [5.74, 6) is 0. The third kappa shape index (κ3) is 4.71. The van der Waals surface area contributed by atoms with Gasteiger partial charge >= 0.3 is 0 Å². The average Bonchev–Trinajstić information content (AvgIpc) is 2.87. The molecule has 1 aromatic heterocycles. The highest BCUT2D eigenvalue weighted by Crippen LogP contribution is 2.12. The van der Waals surface area contributed by atoms with E-state index in [0.717, 1.165) is 25.1 Å². The normalized spacial score (nSPS) is 12.5. The van der Waals surface area contributed by atoms with Gasteiger partial charge in [0.05, 0.1) is 5.69 Å². The molecule has 0 fully saturated rings. The average molecular weight is 285 g/mol. The number of hydrogen-bond acceptors (Lipinski definition) is 2. The predicted octanol–water partition coefficient (Wildman–Crippen LogP) is 3.36. The minimum absolute atomic E-state index is 0.523. The zero-order valence-electron chi connectivity index (χ0n) is 13.5. The first-order chi connectivity index (χ1) is 10.2. The van der Waals surface area contributed by atoms with Crippen LogP contribution >= 0.6 is 0 Å². The Morgan fingerprint density at radius 1 is 1.24 bits per heavy atom. The summed E-state index contributed by atoms with van der Waals surface area (Å²) in [4.78, 5) is 0. The molecule has 3 nitrogen and oxygen atoms in total. The summed E-state index contributed by atoms with van der Waals surface area (Å²) in [7, 11) is 2.06. The van der Waals surface area contributed by atoms with Crippen LogP contribution in [0.25, 0.3) is 0 Å². The molecule has 1 atom stereocenters. The number of aryl methyl sites for hydroxylation is 3. The van der Waals surface area contributed by atoms with Crippen molar-refractivity contribution in [3.63, 3.8) is 0 Å². The van der Waals surface area contributed by atoms with Crippen molar-refractivity contribution >= 4 is 0 Å². The lowest BCUT2D eigenvalue weighted by Crippen LogP contribution is -2.28. The minimum atomic E-state index is 0.523. The molecule has 1 aromatic carbocycles. The summed E-state index contributed by atoms with van der Waals surface area (Å²) in [5, 5.41) is 7.99. The first-order valence-electron chi connectivity index (χ1n) is 7.97. The summed E-state index contributed by atoms with van der Waals surface area (Å²) in [6, 6.07) is 13.5. The van der Waals surface area contributed by atoms with Crippen LogP contribution in [0.2, 0.25) is 0 Å². The standard InChI is InChI=1S/C18H27N3/c1-4-21-18(13-15(2)20-21)14-17(19-3)12-8-11-16-9-6-5-7-10-16/h5-7,9-10,13,17,19H,4,8,11-12,14H2,1-3H3. The van der Waals surface area contributed by atoms with Gasteiger partial charge in [-0.2, -0.15) is 5.10 Å². The maximum absolute atomic E-state index is 4.53. The molecule has 0 saturated heterocycles. The van der Waals surface area contributed by atoms with Gasteiger partial charge < -0.3 is 5.32 Å². The number of nitrogens with one attached hydrogen (secondary N) is 1. The van der Waals surface area contributed by atoms with Crippen LogP contribution in [0.5, 0.6) is 0 Å². The van der Waals surface area contributed by atoms with Gasteiger partial charge in [0.1, 0.15) is 0 Å². The van der Waals surface area contributed by atoms with E-state index in [1.54, 1.807) is 0 Å². The maximum atomic E-state index is 4.53. The van der Waals surface area contributed by atoms with Gasteiger partial charge in [-0.05, 0) is 51.8 Å². The number of hydrogen-bond donors (Lipinski definition) is 1. The van der Waals surface area contributed by atoms with Crippen molar-refractivity contribution in [2.75, 3.05) is 7.05 Å². The second-order valence-electron chi connectivity index (χ2n) is 5.66. The van der Waals surface area contributed by atoms with Gasteiger partial charge in [0.25, 0.3) is 0 Å². The zero-order chi connectivity index (χ0) is 15.1. The molecular formula is C18H27N3. The van der Waals surface area contributed by atoms with E-state index in [-0.39, 0.29) is 0 Å². The fraction of sp³-hybridized carbons (Fsp3) is 0.500. The fourth-order valence-electron chi connectivity index (χ4n) is 2.84. The van der Waals surface area contributed by atoms with E-state index in [2.05, 4.69) is 72.4 Å². The Labute approximate surface area is 128 Å². The lowest BCUT2D eigenvalue weighted by atomic mass is 10.0. The molecule has 3 heteroatoms. The van der Waals surface area contributed by atoms with Crippen LogP contribution in [-0.2, 0) is 19.4 Å². The van der Waals surface area contributed by atoms with E-state index < -0.39 is 0 Å². The van der Waals surface area contributed by atoms with Gasteiger partial charge in [-0.1, -0.05) is 30.3 Å². The lowest BCUT2D eigenvalue weighted by Gasteiger charge is -2.16. The van der Waals surface area contributed by atoms with E-state index in [4.69, 9.17) is 0 Å². The molecule has 2 aromatic rings. The number of aromatic nitrogens is 2. The molecule has 1 unspecified atom stereocenters. The molecule has 0 radical (unpaired) electrons. The topological polar surface area (TPSA) is 29.9 Å². The Morgan fingerprint density at radius 3 is 2.67 bits per heavy atom. The molecule has 0 saturated carbocycles. The van der Waals surface area contributed by atoms with E-state index in [0.29, 0.717) is 6.04 Å². The molecule has 0 bridgehead atoms. The van der Waals surface area contributed by atoms with Crippen molar-refractivity contribution < 1.29 is 0 Å². The summed E-state index contributed by atoms with van der Waals surface area (Å²) in [5.41, 5.74) is 3.89. The summed E-state index contributed by atoms with van der Waals surface area (Å²) < 4.78 is 2.12. The van der Waals surface area contributed by atoms with Gasteiger partial charge in [0, 0.05) is 24.7 Å². The highest BCUT2D eigenvalue weighted by Gasteiger charge is 2.11.